The summed E-state index contributed by atoms with van der Waals surface area (Å²) in [5, 5.41) is 3.61. The van der Waals surface area contributed by atoms with Crippen molar-refractivity contribution in [2.24, 2.45) is 0 Å². The van der Waals surface area contributed by atoms with Gasteiger partial charge in [0.05, 0.1) is 23.1 Å². The third-order valence-electron chi connectivity index (χ3n) is 2.33. The minimum absolute atomic E-state index is 1.09. The fourth-order valence-corrected chi connectivity index (χ4v) is 1.73. The third kappa shape index (κ3) is 0.851. The van der Waals surface area contributed by atoms with Crippen molar-refractivity contribution < 1.29 is 0 Å². The molecular weight excluding hydrogens is 158 g/mol. The molecule has 1 aromatic carbocycles. The highest BCUT2D eigenvalue weighted by atomic mass is 14.7. The number of aromatic amines is 1. The molecule has 0 bridgehead atoms. The first-order chi connectivity index (χ1) is 6.45. The Bertz CT molecular complexity index is 600. The Morgan fingerprint density at radius 1 is 1.15 bits per heavy atom. The summed E-state index contributed by atoms with van der Waals surface area (Å²) in [6.45, 7) is 0. The van der Waals surface area contributed by atoms with Crippen LogP contribution in [0.5, 0.6) is 0 Å². The standard InChI is InChI=1S/C12H8N/c1-3-7-11-9(5-1)10-6-2-4-8-12(10)13-11/h1-7,13H/q+1. The molecule has 13 heavy (non-hydrogen) atoms. The number of H-pyrrole nitrogens is 1. The summed E-state index contributed by atoms with van der Waals surface area (Å²) in [6, 6.07) is 8.31. The molecule has 1 aromatic heterocycles. The van der Waals surface area contributed by atoms with Gasteiger partial charge >= 0.3 is 0 Å². The maximum Gasteiger partial charge on any atom is 0.215 e. The Labute approximate surface area is 75.7 Å². The van der Waals surface area contributed by atoms with Crippen molar-refractivity contribution >= 4 is 23.1 Å². The van der Waals surface area contributed by atoms with Crippen LogP contribution in [0.4, 0.5) is 0 Å². The molecule has 1 nitrogen and oxygen atoms in total. The van der Waals surface area contributed by atoms with Gasteiger partial charge in [0.2, 0.25) is 5.35 Å². The number of hydrogen-bond acceptors (Lipinski definition) is 0. The number of aromatic nitrogens is 1. The normalized spacial score (nSPS) is 12.9. The van der Waals surface area contributed by atoms with Crippen LogP contribution in [0.2, 0.25) is 0 Å². The number of rotatable bonds is 0. The lowest BCUT2D eigenvalue weighted by Crippen LogP contribution is -2.23. The van der Waals surface area contributed by atoms with E-state index >= 15 is 0 Å². The van der Waals surface area contributed by atoms with E-state index < -0.39 is 0 Å². The van der Waals surface area contributed by atoms with Crippen LogP contribution in [0.15, 0.2) is 36.4 Å². The second kappa shape index (κ2) is 2.32. The Morgan fingerprint density at radius 2 is 2.08 bits per heavy atom. The van der Waals surface area contributed by atoms with Crippen LogP contribution in [0.1, 0.15) is 0 Å². The lowest BCUT2D eigenvalue weighted by molar-refractivity contribution is 1.36. The molecule has 1 heterocycles. The maximum atomic E-state index is 3.32. The van der Waals surface area contributed by atoms with Gasteiger partial charge in [-0.25, -0.2) is 0 Å². The second-order valence-electron chi connectivity index (χ2n) is 3.13. The molecule has 1 heteroatoms. The highest BCUT2D eigenvalue weighted by Crippen LogP contribution is 2.04. The van der Waals surface area contributed by atoms with Gasteiger partial charge in [0.1, 0.15) is 11.3 Å². The summed E-state index contributed by atoms with van der Waals surface area (Å²) in [7, 11) is 0. The number of allylic oxidation sites excluding steroid dienone is 2. The van der Waals surface area contributed by atoms with E-state index in [2.05, 4.69) is 35.3 Å². The molecule has 2 aromatic rings. The van der Waals surface area contributed by atoms with Gasteiger partial charge in [0.15, 0.2) is 0 Å². The molecule has 0 atom stereocenters. The van der Waals surface area contributed by atoms with Gasteiger partial charge in [0, 0.05) is 6.08 Å². The zero-order valence-corrected chi connectivity index (χ0v) is 7.04. The topological polar surface area (TPSA) is 15.8 Å². The van der Waals surface area contributed by atoms with E-state index in [4.69, 9.17) is 0 Å². The number of benzene rings is 1. The predicted octanol–water partition coefficient (Wildman–Crippen LogP) is 1.18. The summed E-state index contributed by atoms with van der Waals surface area (Å²) in [5.41, 5.74) is 1.18. The first kappa shape index (κ1) is 6.64. The first-order valence-corrected chi connectivity index (χ1v) is 4.32. The summed E-state index contributed by atoms with van der Waals surface area (Å²) >= 11 is 0. The second-order valence-corrected chi connectivity index (χ2v) is 3.13. The summed E-state index contributed by atoms with van der Waals surface area (Å²) in [5.74, 6) is 0. The van der Waals surface area contributed by atoms with Crippen molar-refractivity contribution in [2.75, 3.05) is 0 Å². The van der Waals surface area contributed by atoms with Crippen LogP contribution in [-0.2, 0) is 0 Å². The number of fused-ring (bicyclic) bond motifs is 3. The minimum atomic E-state index is 1.09. The molecule has 1 N–H and O–H groups in total. The van der Waals surface area contributed by atoms with Gasteiger partial charge in [-0.05, 0) is 12.1 Å². The SMILES string of the molecule is [C+]1=c2[nH]c3ccccc3c2=CC=C1. The highest BCUT2D eigenvalue weighted by Gasteiger charge is 2.06. The molecule has 0 saturated heterocycles. The van der Waals surface area contributed by atoms with Crippen molar-refractivity contribution in [2.45, 2.75) is 0 Å². The van der Waals surface area contributed by atoms with Gasteiger partial charge < -0.3 is 4.98 Å². The maximum absolute atomic E-state index is 3.32. The quantitative estimate of drug-likeness (QED) is 0.565. The van der Waals surface area contributed by atoms with E-state index in [9.17, 15) is 0 Å². The summed E-state index contributed by atoms with van der Waals surface area (Å²) in [4.78, 5) is 3.32. The molecule has 0 unspecified atom stereocenters. The monoisotopic (exact) mass is 166 g/mol. The third-order valence-corrected chi connectivity index (χ3v) is 2.33. The molecule has 60 valence electrons. The van der Waals surface area contributed by atoms with Crippen molar-refractivity contribution in [3.8, 4) is 0 Å². The molecule has 0 aliphatic heterocycles. The Balaban J connectivity index is 2.66. The number of para-hydroxylation sites is 1. The average Bonchev–Trinajstić information content (AvgIpc) is 2.56. The molecule has 1 aliphatic carbocycles. The van der Waals surface area contributed by atoms with Crippen molar-refractivity contribution in [1.29, 1.82) is 0 Å². The van der Waals surface area contributed by atoms with E-state index in [-0.39, 0.29) is 0 Å². The summed E-state index contributed by atoms with van der Waals surface area (Å²) < 4.78 is 0. The lowest BCUT2D eigenvalue weighted by atomic mass is 10.2. The van der Waals surface area contributed by atoms with E-state index in [1.165, 1.54) is 16.1 Å². The average molecular weight is 166 g/mol. The van der Waals surface area contributed by atoms with Gasteiger partial charge in [-0.15, -0.1) is 0 Å². The largest absolute Gasteiger partial charge is 0.324 e. The minimum Gasteiger partial charge on any atom is -0.324 e. The molecule has 3 rings (SSSR count). The smallest absolute Gasteiger partial charge is 0.215 e. The highest BCUT2D eigenvalue weighted by molar-refractivity contribution is 5.82. The van der Waals surface area contributed by atoms with Crippen LogP contribution in [0, 0.1) is 0 Å². The van der Waals surface area contributed by atoms with Crippen molar-refractivity contribution in [1.82, 2.24) is 4.98 Å². The van der Waals surface area contributed by atoms with E-state index in [1.54, 1.807) is 0 Å². The van der Waals surface area contributed by atoms with Gasteiger partial charge in [0.25, 0.3) is 0 Å². The summed E-state index contributed by atoms with van der Waals surface area (Å²) in [6.07, 6.45) is 9.25. The Morgan fingerprint density at radius 3 is 3.08 bits per heavy atom. The number of nitrogens with one attached hydrogen (secondary N) is 1. The van der Waals surface area contributed by atoms with Gasteiger partial charge in [-0.1, -0.05) is 12.1 Å². The van der Waals surface area contributed by atoms with Crippen LogP contribution in [0.3, 0.4) is 0 Å². The van der Waals surface area contributed by atoms with Crippen LogP contribution < -0.4 is 10.6 Å². The Kier molecular flexibility index (Phi) is 1.18. The first-order valence-electron chi connectivity index (χ1n) is 4.32. The predicted molar refractivity (Wildman–Crippen MR) is 54.6 cm³/mol. The molecule has 0 saturated carbocycles. The van der Waals surface area contributed by atoms with E-state index in [0.29, 0.717) is 0 Å². The van der Waals surface area contributed by atoms with Crippen LogP contribution >= 0.6 is 0 Å². The molecule has 0 radical (unpaired) electrons. The molecular formula is C12H8N+. The molecule has 0 amide bonds. The zero-order chi connectivity index (χ0) is 8.67. The van der Waals surface area contributed by atoms with Crippen molar-refractivity contribution in [3.63, 3.8) is 0 Å². The molecule has 0 fully saturated rings. The molecule has 1 aliphatic rings. The Hall–Kier alpha value is -1.85. The zero-order valence-electron chi connectivity index (χ0n) is 7.04. The fraction of sp³-hybridized carbons (Fsp3) is 0. The van der Waals surface area contributed by atoms with Gasteiger partial charge in [-0.2, -0.15) is 0 Å². The fourth-order valence-electron chi connectivity index (χ4n) is 1.73. The number of hydrogen-bond donors (Lipinski definition) is 1. The van der Waals surface area contributed by atoms with Gasteiger partial charge in [-0.3, -0.25) is 0 Å². The van der Waals surface area contributed by atoms with Crippen LogP contribution in [-0.4, -0.2) is 4.98 Å². The molecule has 0 spiro atoms. The van der Waals surface area contributed by atoms with Crippen LogP contribution in [0.25, 0.3) is 23.1 Å². The van der Waals surface area contributed by atoms with Crippen molar-refractivity contribution in [3.05, 3.63) is 47.0 Å². The van der Waals surface area contributed by atoms with E-state index in [0.717, 1.165) is 5.35 Å². The van der Waals surface area contributed by atoms with E-state index in [1.807, 2.05) is 18.2 Å². The lowest BCUT2D eigenvalue weighted by Gasteiger charge is -1.82.